The van der Waals surface area contributed by atoms with Crippen molar-refractivity contribution >= 4 is 31.2 Å². The SMILES string of the molecule is COCc1cc(NS(C)(=O)=O)cc(-c2cnc3cc(OC)c(S(=O)(=O)C(C)(C)C)cn23)c1. The van der Waals surface area contributed by atoms with Gasteiger partial charge >= 0.3 is 0 Å². The summed E-state index contributed by atoms with van der Waals surface area (Å²) in [5.41, 5.74) is 2.81. The number of ether oxygens (including phenoxy) is 2. The molecule has 1 N–H and O–H groups in total. The number of fused-ring (bicyclic) bond motifs is 1. The lowest BCUT2D eigenvalue weighted by molar-refractivity contribution is 0.185. The number of nitrogens with one attached hydrogen (secondary N) is 1. The van der Waals surface area contributed by atoms with Crippen LogP contribution in [0.1, 0.15) is 26.3 Å². The zero-order valence-corrected chi connectivity index (χ0v) is 20.5. The van der Waals surface area contributed by atoms with Gasteiger partial charge in [-0.1, -0.05) is 0 Å². The second-order valence-electron chi connectivity index (χ2n) is 8.42. The van der Waals surface area contributed by atoms with Gasteiger partial charge in [-0.25, -0.2) is 21.8 Å². The lowest BCUT2D eigenvalue weighted by atomic mass is 10.1. The molecule has 0 amide bonds. The Hall–Kier alpha value is -2.63. The molecule has 0 spiro atoms. The van der Waals surface area contributed by atoms with Gasteiger partial charge in [-0.3, -0.25) is 9.12 Å². The Bertz CT molecular complexity index is 1370. The first-order valence-corrected chi connectivity index (χ1v) is 13.0. The molecule has 0 unspecified atom stereocenters. The number of imidazole rings is 1. The molecule has 0 aliphatic rings. The highest BCUT2D eigenvalue weighted by Crippen LogP contribution is 2.35. The summed E-state index contributed by atoms with van der Waals surface area (Å²) < 4.78 is 63.5. The molecule has 2 heterocycles. The number of anilines is 1. The fourth-order valence-electron chi connectivity index (χ4n) is 3.25. The van der Waals surface area contributed by atoms with Crippen LogP contribution in [-0.2, 0) is 31.2 Å². The third-order valence-corrected chi connectivity index (χ3v) is 7.90. The number of hydrogen-bond acceptors (Lipinski definition) is 7. The van der Waals surface area contributed by atoms with E-state index in [1.165, 1.54) is 13.3 Å². The molecule has 0 saturated carbocycles. The predicted octanol–water partition coefficient (Wildman–Crippen LogP) is 3.10. The summed E-state index contributed by atoms with van der Waals surface area (Å²) in [5.74, 6) is 0.206. The highest BCUT2D eigenvalue weighted by molar-refractivity contribution is 7.93. The average Bonchev–Trinajstić information content (AvgIpc) is 3.07. The van der Waals surface area contributed by atoms with Crippen molar-refractivity contribution in [2.24, 2.45) is 0 Å². The average molecular weight is 482 g/mol. The molecule has 0 bridgehead atoms. The van der Waals surface area contributed by atoms with E-state index >= 15 is 0 Å². The Morgan fingerprint density at radius 1 is 1.06 bits per heavy atom. The van der Waals surface area contributed by atoms with E-state index in [1.807, 2.05) is 6.07 Å². The van der Waals surface area contributed by atoms with Gasteiger partial charge in [0.1, 0.15) is 16.3 Å². The van der Waals surface area contributed by atoms with Gasteiger partial charge in [0.25, 0.3) is 0 Å². The molecule has 11 heteroatoms. The van der Waals surface area contributed by atoms with E-state index < -0.39 is 24.6 Å². The first kappa shape index (κ1) is 24.0. The van der Waals surface area contributed by atoms with E-state index in [-0.39, 0.29) is 17.3 Å². The largest absolute Gasteiger partial charge is 0.495 e. The summed E-state index contributed by atoms with van der Waals surface area (Å²) in [5, 5.41) is 0. The second kappa shape index (κ2) is 8.38. The Kier molecular flexibility index (Phi) is 6.29. The van der Waals surface area contributed by atoms with Crippen molar-refractivity contribution in [2.45, 2.75) is 37.0 Å². The quantitative estimate of drug-likeness (QED) is 0.551. The summed E-state index contributed by atoms with van der Waals surface area (Å²) in [6, 6.07) is 6.74. The molecule has 2 aromatic heterocycles. The van der Waals surface area contributed by atoms with Gasteiger partial charge in [0, 0.05) is 30.6 Å². The third kappa shape index (κ3) is 4.74. The van der Waals surface area contributed by atoms with Crippen LogP contribution in [0.3, 0.4) is 0 Å². The monoisotopic (exact) mass is 481 g/mol. The maximum Gasteiger partial charge on any atom is 0.229 e. The molecule has 0 radical (unpaired) electrons. The van der Waals surface area contributed by atoms with E-state index in [0.717, 1.165) is 11.8 Å². The number of benzene rings is 1. The number of sulfonamides is 1. The van der Waals surface area contributed by atoms with Gasteiger partial charge < -0.3 is 9.47 Å². The highest BCUT2D eigenvalue weighted by atomic mass is 32.2. The first-order chi connectivity index (χ1) is 14.8. The smallest absolute Gasteiger partial charge is 0.229 e. The van der Waals surface area contributed by atoms with Crippen LogP contribution in [0.15, 0.2) is 41.6 Å². The summed E-state index contributed by atoms with van der Waals surface area (Å²) in [6.07, 6.45) is 4.15. The highest BCUT2D eigenvalue weighted by Gasteiger charge is 2.34. The first-order valence-electron chi connectivity index (χ1n) is 9.67. The number of aromatic nitrogens is 2. The Morgan fingerprint density at radius 3 is 2.31 bits per heavy atom. The van der Waals surface area contributed by atoms with Gasteiger partial charge in [-0.05, 0) is 44.5 Å². The minimum atomic E-state index is -3.72. The molecule has 0 aliphatic carbocycles. The molecule has 174 valence electrons. The predicted molar refractivity (Wildman–Crippen MR) is 123 cm³/mol. The molecule has 9 nitrogen and oxygen atoms in total. The van der Waals surface area contributed by atoms with Crippen molar-refractivity contribution in [2.75, 3.05) is 25.2 Å². The fraction of sp³-hybridized carbons (Fsp3) is 0.381. The van der Waals surface area contributed by atoms with E-state index in [4.69, 9.17) is 9.47 Å². The minimum absolute atomic E-state index is 0.0433. The molecule has 0 atom stereocenters. The van der Waals surface area contributed by atoms with Crippen molar-refractivity contribution in [3.8, 4) is 17.0 Å². The molecular formula is C21H27N3O6S2. The molecule has 0 fully saturated rings. The van der Waals surface area contributed by atoms with Crippen molar-refractivity contribution in [1.82, 2.24) is 9.38 Å². The fourth-order valence-corrected chi connectivity index (χ4v) is 5.11. The zero-order valence-electron chi connectivity index (χ0n) is 18.8. The van der Waals surface area contributed by atoms with Crippen molar-refractivity contribution < 1.29 is 26.3 Å². The van der Waals surface area contributed by atoms with Gasteiger partial charge in [0.2, 0.25) is 10.0 Å². The van der Waals surface area contributed by atoms with Gasteiger partial charge in [-0.15, -0.1) is 0 Å². The third-order valence-electron chi connectivity index (χ3n) is 4.79. The number of rotatable bonds is 7. The van der Waals surface area contributed by atoms with Crippen LogP contribution < -0.4 is 9.46 Å². The van der Waals surface area contributed by atoms with Crippen molar-refractivity contribution in [3.05, 3.63) is 42.2 Å². The number of sulfone groups is 1. The maximum atomic E-state index is 13.2. The Labute approximate surface area is 188 Å². The maximum absolute atomic E-state index is 13.2. The van der Waals surface area contributed by atoms with Crippen LogP contribution in [0.4, 0.5) is 5.69 Å². The summed E-state index contributed by atoms with van der Waals surface area (Å²) in [6.45, 7) is 5.13. The number of pyridine rings is 1. The molecule has 32 heavy (non-hydrogen) atoms. The van der Waals surface area contributed by atoms with Crippen LogP contribution in [0.25, 0.3) is 16.9 Å². The zero-order chi connectivity index (χ0) is 23.9. The molecule has 0 aliphatic heterocycles. The Morgan fingerprint density at radius 2 is 1.75 bits per heavy atom. The van der Waals surface area contributed by atoms with E-state index in [1.54, 1.807) is 56.7 Å². The van der Waals surface area contributed by atoms with Crippen LogP contribution in [-0.4, -0.2) is 51.4 Å². The summed E-state index contributed by atoms with van der Waals surface area (Å²) >= 11 is 0. The molecule has 3 rings (SSSR count). The normalized spacial score (nSPS) is 12.8. The number of hydrogen-bond donors (Lipinski definition) is 1. The number of nitrogens with zero attached hydrogens (tertiary/aromatic N) is 2. The minimum Gasteiger partial charge on any atom is -0.495 e. The summed E-state index contributed by atoms with van der Waals surface area (Å²) in [4.78, 5) is 4.43. The molecular weight excluding hydrogens is 454 g/mol. The molecule has 1 aromatic carbocycles. The van der Waals surface area contributed by atoms with E-state index in [9.17, 15) is 16.8 Å². The van der Waals surface area contributed by atoms with Crippen molar-refractivity contribution in [1.29, 1.82) is 0 Å². The molecule has 0 saturated heterocycles. The van der Waals surface area contributed by atoms with Gasteiger partial charge in [0.15, 0.2) is 9.84 Å². The van der Waals surface area contributed by atoms with Crippen LogP contribution in [0.2, 0.25) is 0 Å². The lowest BCUT2D eigenvalue weighted by Crippen LogP contribution is -2.28. The van der Waals surface area contributed by atoms with E-state index in [0.29, 0.717) is 22.6 Å². The van der Waals surface area contributed by atoms with Gasteiger partial charge in [0.05, 0.1) is 36.6 Å². The lowest BCUT2D eigenvalue weighted by Gasteiger charge is -2.21. The summed E-state index contributed by atoms with van der Waals surface area (Å²) in [7, 11) is -4.27. The standard InChI is InChI=1S/C21H27N3O6S2/c1-21(2,3)32(27,28)19-12-24-17(11-22-20(24)10-18(19)30-5)15-7-14(13-29-4)8-16(9-15)23-31(6,25)26/h7-12,23H,13H2,1-6H3. The van der Waals surface area contributed by atoms with E-state index in [2.05, 4.69) is 9.71 Å². The van der Waals surface area contributed by atoms with Crippen LogP contribution >= 0.6 is 0 Å². The van der Waals surface area contributed by atoms with Crippen LogP contribution in [0, 0.1) is 0 Å². The second-order valence-corrected chi connectivity index (χ2v) is 12.8. The van der Waals surface area contributed by atoms with Crippen LogP contribution in [0.5, 0.6) is 5.75 Å². The number of methoxy groups -OCH3 is 2. The molecule has 3 aromatic rings. The van der Waals surface area contributed by atoms with Crippen molar-refractivity contribution in [3.63, 3.8) is 0 Å². The Balaban J connectivity index is 2.27. The topological polar surface area (TPSA) is 116 Å². The van der Waals surface area contributed by atoms with Gasteiger partial charge in [-0.2, -0.15) is 0 Å².